The molecular formula is C23H20N2O4S. The molecule has 30 heavy (non-hydrogen) atoms. The molecule has 1 aliphatic heterocycles. The van der Waals surface area contributed by atoms with Crippen LogP contribution in [0, 0.1) is 6.92 Å². The van der Waals surface area contributed by atoms with Gasteiger partial charge in [0.1, 0.15) is 5.75 Å². The van der Waals surface area contributed by atoms with Crippen LogP contribution in [0.3, 0.4) is 0 Å². The molecule has 3 aromatic rings. The van der Waals surface area contributed by atoms with E-state index in [4.69, 9.17) is 0 Å². The summed E-state index contributed by atoms with van der Waals surface area (Å²) in [5.41, 5.74) is 3.08. The first-order chi connectivity index (χ1) is 14.4. The van der Waals surface area contributed by atoms with Gasteiger partial charge in [-0.05, 0) is 47.4 Å². The number of thioether (sulfide) groups is 1. The molecule has 0 saturated carbocycles. The van der Waals surface area contributed by atoms with Crippen LogP contribution in [-0.4, -0.2) is 27.4 Å². The van der Waals surface area contributed by atoms with Gasteiger partial charge in [0.25, 0.3) is 5.24 Å². The van der Waals surface area contributed by atoms with Crippen LogP contribution >= 0.6 is 11.8 Å². The van der Waals surface area contributed by atoms with E-state index in [1.165, 1.54) is 11.6 Å². The summed E-state index contributed by atoms with van der Waals surface area (Å²) in [6.07, 6.45) is 0.498. The monoisotopic (exact) mass is 420 g/mol. The summed E-state index contributed by atoms with van der Waals surface area (Å²) in [6, 6.07) is 16.8. The predicted octanol–water partition coefficient (Wildman–Crippen LogP) is 3.93. The van der Waals surface area contributed by atoms with Crippen LogP contribution < -0.4 is 10.6 Å². The van der Waals surface area contributed by atoms with Crippen LogP contribution in [0.15, 0.2) is 54.6 Å². The van der Waals surface area contributed by atoms with Crippen LogP contribution in [0.4, 0.5) is 10.5 Å². The van der Waals surface area contributed by atoms with E-state index in [1.54, 1.807) is 12.1 Å². The maximum absolute atomic E-state index is 12.5. The van der Waals surface area contributed by atoms with Crippen LogP contribution in [0.1, 0.15) is 16.7 Å². The van der Waals surface area contributed by atoms with E-state index in [0.717, 1.165) is 33.7 Å². The fourth-order valence-electron chi connectivity index (χ4n) is 3.46. The number of amides is 3. The van der Waals surface area contributed by atoms with Crippen molar-refractivity contribution < 1.29 is 19.5 Å². The number of phenolic OH excluding ortho intramolecular Hbond substituents is 1. The first kappa shape index (κ1) is 20.0. The third-order valence-corrected chi connectivity index (χ3v) is 5.93. The van der Waals surface area contributed by atoms with Gasteiger partial charge in [0, 0.05) is 0 Å². The first-order valence-electron chi connectivity index (χ1n) is 9.50. The largest absolute Gasteiger partial charge is 0.506 e. The molecule has 4 rings (SSSR count). The maximum atomic E-state index is 12.5. The number of carbonyl (C=O) groups is 3. The standard InChI is InChI=1S/C23H20N2O4S/c1-13-2-5-17-9-14(3-6-16(17)8-13)12-21(27)24-18-10-15(4-7-19(18)26)11-20-22(28)25-23(29)30-20/h2-10,20,26H,11-12H2,1H3,(H,24,27)(H,25,28,29). The van der Waals surface area contributed by atoms with E-state index in [-0.39, 0.29) is 34.9 Å². The van der Waals surface area contributed by atoms with Crippen LogP contribution in [0.25, 0.3) is 10.8 Å². The molecule has 3 aromatic carbocycles. The Hall–Kier alpha value is -3.32. The van der Waals surface area contributed by atoms with E-state index in [9.17, 15) is 19.5 Å². The lowest BCUT2D eigenvalue weighted by molar-refractivity contribution is -0.119. The minimum absolute atomic E-state index is 0.0549. The van der Waals surface area contributed by atoms with Gasteiger partial charge in [-0.15, -0.1) is 0 Å². The summed E-state index contributed by atoms with van der Waals surface area (Å²) >= 11 is 0.947. The summed E-state index contributed by atoms with van der Waals surface area (Å²) in [7, 11) is 0. The van der Waals surface area contributed by atoms with Crippen molar-refractivity contribution in [3.05, 3.63) is 71.3 Å². The van der Waals surface area contributed by atoms with Crippen LogP contribution in [-0.2, 0) is 22.4 Å². The Balaban J connectivity index is 1.45. The van der Waals surface area contributed by atoms with Crippen molar-refractivity contribution in [3.63, 3.8) is 0 Å². The van der Waals surface area contributed by atoms with Crippen LogP contribution in [0.5, 0.6) is 5.75 Å². The summed E-state index contributed by atoms with van der Waals surface area (Å²) < 4.78 is 0. The Kier molecular flexibility index (Phi) is 5.46. The number of fused-ring (bicyclic) bond motifs is 1. The van der Waals surface area contributed by atoms with Gasteiger partial charge in [-0.2, -0.15) is 0 Å². The highest BCUT2D eigenvalue weighted by molar-refractivity contribution is 8.15. The second kappa shape index (κ2) is 8.20. The fourth-order valence-corrected chi connectivity index (χ4v) is 4.32. The van der Waals surface area contributed by atoms with Gasteiger partial charge in [-0.25, -0.2) is 0 Å². The summed E-state index contributed by atoms with van der Waals surface area (Å²) in [5, 5.41) is 16.4. The highest BCUT2D eigenvalue weighted by Gasteiger charge is 2.31. The zero-order chi connectivity index (χ0) is 21.3. The molecule has 6 nitrogen and oxygen atoms in total. The molecule has 0 bridgehead atoms. The normalized spacial score (nSPS) is 16.0. The van der Waals surface area contributed by atoms with Gasteiger partial charge in [-0.1, -0.05) is 59.8 Å². The minimum Gasteiger partial charge on any atom is -0.506 e. The average Bonchev–Trinajstić information content (AvgIpc) is 3.01. The predicted molar refractivity (Wildman–Crippen MR) is 118 cm³/mol. The molecule has 3 N–H and O–H groups in total. The maximum Gasteiger partial charge on any atom is 0.286 e. The van der Waals surface area contributed by atoms with Gasteiger partial charge >= 0.3 is 0 Å². The van der Waals surface area contributed by atoms with Crippen LogP contribution in [0.2, 0.25) is 0 Å². The number of imide groups is 1. The van der Waals surface area contributed by atoms with Gasteiger partial charge in [-0.3, -0.25) is 19.7 Å². The van der Waals surface area contributed by atoms with Crippen molar-refractivity contribution in [2.75, 3.05) is 5.32 Å². The molecule has 152 valence electrons. The molecule has 1 saturated heterocycles. The SMILES string of the molecule is Cc1ccc2cc(CC(=O)Nc3cc(CC4SC(=O)NC4=O)ccc3O)ccc2c1. The smallest absolute Gasteiger partial charge is 0.286 e. The molecule has 7 heteroatoms. The topological polar surface area (TPSA) is 95.5 Å². The number of aryl methyl sites for hydroxylation is 1. The second-order valence-corrected chi connectivity index (χ2v) is 8.52. The Morgan fingerprint density at radius 3 is 2.53 bits per heavy atom. The minimum atomic E-state index is -0.508. The van der Waals surface area contributed by atoms with Crippen molar-refractivity contribution >= 4 is 45.3 Å². The van der Waals surface area contributed by atoms with Crippen molar-refractivity contribution in [1.29, 1.82) is 0 Å². The third kappa shape index (κ3) is 4.46. The van der Waals surface area contributed by atoms with E-state index in [1.807, 2.05) is 37.3 Å². The molecule has 0 spiro atoms. The fraction of sp³-hybridized carbons (Fsp3) is 0.174. The molecule has 1 fully saturated rings. The van der Waals surface area contributed by atoms with Crippen molar-refractivity contribution in [1.82, 2.24) is 5.32 Å². The van der Waals surface area contributed by atoms with E-state index in [0.29, 0.717) is 6.42 Å². The summed E-state index contributed by atoms with van der Waals surface area (Å²) in [4.78, 5) is 35.6. The lowest BCUT2D eigenvalue weighted by Crippen LogP contribution is -2.25. The highest BCUT2D eigenvalue weighted by atomic mass is 32.2. The number of hydrogen-bond donors (Lipinski definition) is 3. The molecule has 0 radical (unpaired) electrons. The molecular weight excluding hydrogens is 400 g/mol. The first-order valence-corrected chi connectivity index (χ1v) is 10.4. The molecule has 1 heterocycles. The third-order valence-electron chi connectivity index (χ3n) is 4.95. The molecule has 1 atom stereocenters. The highest BCUT2D eigenvalue weighted by Crippen LogP contribution is 2.28. The summed E-state index contributed by atoms with van der Waals surface area (Å²) in [5.74, 6) is -0.632. The number of hydrogen-bond acceptors (Lipinski definition) is 5. The molecule has 1 aliphatic rings. The Morgan fingerprint density at radius 1 is 1.03 bits per heavy atom. The van der Waals surface area contributed by atoms with Crippen molar-refractivity contribution in [2.45, 2.75) is 25.0 Å². The lowest BCUT2D eigenvalue weighted by Gasteiger charge is -2.11. The van der Waals surface area contributed by atoms with Gasteiger partial charge in [0.2, 0.25) is 11.8 Å². The number of carbonyl (C=O) groups excluding carboxylic acids is 3. The van der Waals surface area contributed by atoms with Gasteiger partial charge in [0.05, 0.1) is 17.4 Å². The van der Waals surface area contributed by atoms with Gasteiger partial charge < -0.3 is 10.4 Å². The number of benzene rings is 3. The Bertz CT molecular complexity index is 1180. The number of phenols is 1. The van der Waals surface area contributed by atoms with E-state index in [2.05, 4.69) is 16.7 Å². The molecule has 3 amide bonds. The van der Waals surface area contributed by atoms with E-state index >= 15 is 0 Å². The molecule has 0 aromatic heterocycles. The van der Waals surface area contributed by atoms with Crippen molar-refractivity contribution in [2.24, 2.45) is 0 Å². The number of aromatic hydroxyl groups is 1. The Labute approximate surface area is 177 Å². The zero-order valence-electron chi connectivity index (χ0n) is 16.3. The van der Waals surface area contributed by atoms with Gasteiger partial charge in [0.15, 0.2) is 0 Å². The molecule has 1 unspecified atom stereocenters. The lowest BCUT2D eigenvalue weighted by atomic mass is 10.0. The zero-order valence-corrected chi connectivity index (χ0v) is 17.1. The number of anilines is 1. The Morgan fingerprint density at radius 2 is 1.77 bits per heavy atom. The summed E-state index contributed by atoms with van der Waals surface area (Å²) in [6.45, 7) is 2.04. The number of nitrogens with one attached hydrogen (secondary N) is 2. The number of rotatable bonds is 5. The van der Waals surface area contributed by atoms with E-state index < -0.39 is 5.25 Å². The van der Waals surface area contributed by atoms with Crippen molar-refractivity contribution in [3.8, 4) is 5.75 Å². The quantitative estimate of drug-likeness (QED) is 0.544. The molecule has 0 aliphatic carbocycles. The second-order valence-electron chi connectivity index (χ2n) is 7.35. The average molecular weight is 420 g/mol.